The molecule has 1 atom stereocenters. The molecule has 84 valence electrons. The molecule has 0 spiro atoms. The molecular formula is C10H19N5. The van der Waals surface area contributed by atoms with E-state index < -0.39 is 0 Å². The SMILES string of the molecule is CC(CN(C)C)n1nnc2c1CCNC2. The molecule has 0 saturated carbocycles. The summed E-state index contributed by atoms with van der Waals surface area (Å²) in [6, 6.07) is 0.398. The van der Waals surface area contributed by atoms with Crippen LogP contribution in [0.4, 0.5) is 0 Å². The van der Waals surface area contributed by atoms with Gasteiger partial charge in [0, 0.05) is 26.1 Å². The Hall–Kier alpha value is -0.940. The molecule has 1 N–H and O–H groups in total. The Kier molecular flexibility index (Phi) is 3.02. The molecule has 0 saturated heterocycles. The van der Waals surface area contributed by atoms with Crippen molar-refractivity contribution in [1.82, 2.24) is 25.2 Å². The minimum Gasteiger partial charge on any atom is -0.311 e. The summed E-state index contributed by atoms with van der Waals surface area (Å²) in [4.78, 5) is 2.18. The van der Waals surface area contributed by atoms with Crippen molar-refractivity contribution in [3.8, 4) is 0 Å². The monoisotopic (exact) mass is 209 g/mol. The molecule has 0 radical (unpaired) electrons. The second-order valence-electron chi connectivity index (χ2n) is 4.47. The first-order valence-electron chi connectivity index (χ1n) is 5.47. The third-order valence-electron chi connectivity index (χ3n) is 2.75. The van der Waals surface area contributed by atoms with E-state index in [2.05, 4.69) is 46.2 Å². The van der Waals surface area contributed by atoms with Gasteiger partial charge in [-0.3, -0.25) is 0 Å². The first-order chi connectivity index (χ1) is 7.18. The Labute approximate surface area is 90.5 Å². The van der Waals surface area contributed by atoms with E-state index in [4.69, 9.17) is 0 Å². The number of hydrogen-bond acceptors (Lipinski definition) is 4. The van der Waals surface area contributed by atoms with Crippen LogP contribution in [0.1, 0.15) is 24.4 Å². The third-order valence-corrected chi connectivity index (χ3v) is 2.75. The fourth-order valence-electron chi connectivity index (χ4n) is 2.12. The highest BCUT2D eigenvalue weighted by Crippen LogP contribution is 2.15. The van der Waals surface area contributed by atoms with Crippen LogP contribution in [0.25, 0.3) is 0 Å². The van der Waals surface area contributed by atoms with Crippen LogP contribution in [0.5, 0.6) is 0 Å². The predicted molar refractivity (Wildman–Crippen MR) is 58.7 cm³/mol. The molecule has 1 aromatic heterocycles. The minimum absolute atomic E-state index is 0.398. The summed E-state index contributed by atoms with van der Waals surface area (Å²) in [6.07, 6.45) is 1.04. The summed E-state index contributed by atoms with van der Waals surface area (Å²) in [7, 11) is 4.17. The third kappa shape index (κ3) is 2.18. The van der Waals surface area contributed by atoms with Crippen LogP contribution in [0.3, 0.4) is 0 Å². The van der Waals surface area contributed by atoms with E-state index in [-0.39, 0.29) is 0 Å². The van der Waals surface area contributed by atoms with E-state index in [1.54, 1.807) is 0 Å². The lowest BCUT2D eigenvalue weighted by Crippen LogP contribution is -2.28. The molecule has 1 aromatic rings. The molecule has 0 bridgehead atoms. The van der Waals surface area contributed by atoms with Gasteiger partial charge in [0.2, 0.25) is 0 Å². The smallest absolute Gasteiger partial charge is 0.0997 e. The zero-order valence-corrected chi connectivity index (χ0v) is 9.69. The standard InChI is InChI=1S/C10H19N5/c1-8(7-14(2)3)15-10-4-5-11-6-9(10)12-13-15/h8,11H,4-7H2,1-3H3. The van der Waals surface area contributed by atoms with E-state index in [1.165, 1.54) is 5.69 Å². The van der Waals surface area contributed by atoms with Gasteiger partial charge in [0.1, 0.15) is 0 Å². The van der Waals surface area contributed by atoms with Crippen LogP contribution >= 0.6 is 0 Å². The molecule has 1 unspecified atom stereocenters. The Morgan fingerprint density at radius 1 is 1.53 bits per heavy atom. The van der Waals surface area contributed by atoms with Crippen LogP contribution < -0.4 is 5.32 Å². The molecule has 5 nitrogen and oxygen atoms in total. The highest BCUT2D eigenvalue weighted by atomic mass is 15.5. The van der Waals surface area contributed by atoms with Gasteiger partial charge in [-0.1, -0.05) is 5.21 Å². The molecule has 2 heterocycles. The summed E-state index contributed by atoms with van der Waals surface area (Å²) in [5.74, 6) is 0. The largest absolute Gasteiger partial charge is 0.311 e. The topological polar surface area (TPSA) is 46.0 Å². The summed E-state index contributed by atoms with van der Waals surface area (Å²) >= 11 is 0. The van der Waals surface area contributed by atoms with E-state index in [1.807, 2.05) is 0 Å². The summed E-state index contributed by atoms with van der Waals surface area (Å²) in [5.41, 5.74) is 2.43. The maximum absolute atomic E-state index is 4.25. The molecule has 0 aromatic carbocycles. The summed E-state index contributed by atoms with van der Waals surface area (Å²) < 4.78 is 2.08. The fraction of sp³-hybridized carbons (Fsp3) is 0.800. The van der Waals surface area contributed by atoms with Gasteiger partial charge in [-0.15, -0.1) is 5.10 Å². The number of nitrogens with zero attached hydrogens (tertiary/aromatic N) is 4. The van der Waals surface area contributed by atoms with E-state index >= 15 is 0 Å². The van der Waals surface area contributed by atoms with Gasteiger partial charge in [-0.25, -0.2) is 4.68 Å². The zero-order valence-electron chi connectivity index (χ0n) is 9.69. The number of fused-ring (bicyclic) bond motifs is 1. The molecular weight excluding hydrogens is 190 g/mol. The highest BCUT2D eigenvalue weighted by molar-refractivity contribution is 5.14. The van der Waals surface area contributed by atoms with E-state index in [9.17, 15) is 0 Å². The van der Waals surface area contributed by atoms with Crippen molar-refractivity contribution in [2.24, 2.45) is 0 Å². The van der Waals surface area contributed by atoms with Crippen LogP contribution in [0.2, 0.25) is 0 Å². The van der Waals surface area contributed by atoms with Crippen molar-refractivity contribution < 1.29 is 0 Å². The number of nitrogens with one attached hydrogen (secondary N) is 1. The number of hydrogen-bond donors (Lipinski definition) is 1. The van der Waals surface area contributed by atoms with Crippen molar-refractivity contribution >= 4 is 0 Å². The Morgan fingerprint density at radius 3 is 3.07 bits per heavy atom. The van der Waals surface area contributed by atoms with Gasteiger partial charge < -0.3 is 10.2 Å². The van der Waals surface area contributed by atoms with Crippen molar-refractivity contribution in [3.63, 3.8) is 0 Å². The number of rotatable bonds is 3. The summed E-state index contributed by atoms with van der Waals surface area (Å²) in [6.45, 7) is 5.10. The maximum Gasteiger partial charge on any atom is 0.0997 e. The van der Waals surface area contributed by atoms with E-state index in [0.29, 0.717) is 6.04 Å². The second-order valence-corrected chi connectivity index (χ2v) is 4.47. The molecule has 2 rings (SSSR count). The normalized spacial score (nSPS) is 17.9. The van der Waals surface area contributed by atoms with Gasteiger partial charge >= 0.3 is 0 Å². The molecule has 0 amide bonds. The maximum atomic E-state index is 4.25. The molecule has 0 aliphatic carbocycles. The lowest BCUT2D eigenvalue weighted by atomic mass is 10.1. The molecule has 15 heavy (non-hydrogen) atoms. The van der Waals surface area contributed by atoms with Crippen LogP contribution in [-0.4, -0.2) is 47.1 Å². The Balaban J connectivity index is 2.17. The van der Waals surface area contributed by atoms with Crippen LogP contribution in [0, 0.1) is 0 Å². The van der Waals surface area contributed by atoms with Crippen molar-refractivity contribution in [2.75, 3.05) is 27.2 Å². The van der Waals surface area contributed by atoms with E-state index in [0.717, 1.165) is 31.7 Å². The predicted octanol–water partition coefficient (Wildman–Crippen LogP) is 0.0464. The Bertz CT molecular complexity index is 331. The van der Waals surface area contributed by atoms with Crippen molar-refractivity contribution in [1.29, 1.82) is 0 Å². The number of likely N-dealkylation sites (N-methyl/N-ethyl adjacent to an activating group) is 1. The first-order valence-corrected chi connectivity index (χ1v) is 5.47. The summed E-state index contributed by atoms with van der Waals surface area (Å²) in [5, 5.41) is 11.8. The molecule has 1 aliphatic rings. The zero-order chi connectivity index (χ0) is 10.8. The molecule has 5 heteroatoms. The minimum atomic E-state index is 0.398. The van der Waals surface area contributed by atoms with Gasteiger partial charge in [0.25, 0.3) is 0 Å². The highest BCUT2D eigenvalue weighted by Gasteiger charge is 2.19. The average molecular weight is 209 g/mol. The van der Waals surface area contributed by atoms with Crippen LogP contribution in [-0.2, 0) is 13.0 Å². The average Bonchev–Trinajstić information content (AvgIpc) is 2.59. The van der Waals surface area contributed by atoms with Gasteiger partial charge in [0.15, 0.2) is 0 Å². The lowest BCUT2D eigenvalue weighted by Gasteiger charge is -2.20. The quantitative estimate of drug-likeness (QED) is 0.764. The lowest BCUT2D eigenvalue weighted by molar-refractivity contribution is 0.313. The van der Waals surface area contributed by atoms with Crippen LogP contribution in [0.15, 0.2) is 0 Å². The first kappa shape index (κ1) is 10.6. The molecule has 1 aliphatic heterocycles. The van der Waals surface area contributed by atoms with Crippen molar-refractivity contribution in [2.45, 2.75) is 25.9 Å². The van der Waals surface area contributed by atoms with Crippen molar-refractivity contribution in [3.05, 3.63) is 11.4 Å². The van der Waals surface area contributed by atoms with Gasteiger partial charge in [-0.05, 0) is 21.0 Å². The second kappa shape index (κ2) is 4.28. The molecule has 0 fully saturated rings. The van der Waals surface area contributed by atoms with Gasteiger partial charge in [-0.2, -0.15) is 0 Å². The van der Waals surface area contributed by atoms with Gasteiger partial charge in [0.05, 0.1) is 17.4 Å². The Morgan fingerprint density at radius 2 is 2.33 bits per heavy atom. The fourth-order valence-corrected chi connectivity index (χ4v) is 2.12. The number of aromatic nitrogens is 3.